The number of para-hydroxylation sites is 1. The molecule has 0 amide bonds. The molecule has 2 atom stereocenters. The van der Waals surface area contributed by atoms with E-state index in [1.807, 2.05) is 80.7 Å². The van der Waals surface area contributed by atoms with Crippen molar-refractivity contribution in [2.24, 2.45) is 5.92 Å². The van der Waals surface area contributed by atoms with Crippen molar-refractivity contribution in [3.63, 3.8) is 0 Å². The van der Waals surface area contributed by atoms with Crippen LogP contribution in [-0.2, 0) is 4.89 Å². The number of hydrogen-bond acceptors (Lipinski definition) is 4. The number of rotatable bonds is 10. The molecule has 0 radical (unpaired) electrons. The molecule has 0 aliphatic carbocycles. The average Bonchev–Trinajstić information content (AvgIpc) is 2.89. The Balaban J connectivity index is 1.53. The van der Waals surface area contributed by atoms with Crippen molar-refractivity contribution in [3.8, 4) is 33.8 Å². The second kappa shape index (κ2) is 11.7. The molecule has 0 aliphatic heterocycles. The van der Waals surface area contributed by atoms with Gasteiger partial charge in [-0.2, -0.15) is 0 Å². The van der Waals surface area contributed by atoms with E-state index in [0.29, 0.717) is 17.7 Å². The van der Waals surface area contributed by atoms with Gasteiger partial charge in [-0.1, -0.05) is 105 Å². The Kier molecular flexibility index (Phi) is 8.19. The van der Waals surface area contributed by atoms with Gasteiger partial charge in [0.15, 0.2) is 5.75 Å². The molecule has 0 aromatic heterocycles. The van der Waals surface area contributed by atoms with Crippen molar-refractivity contribution in [1.29, 1.82) is 0 Å². The maximum atomic E-state index is 5.99. The molecule has 4 heteroatoms. The second-order valence-corrected chi connectivity index (χ2v) is 8.86. The summed E-state index contributed by atoms with van der Waals surface area (Å²) in [5.41, 5.74) is 5.24. The predicted octanol–water partition coefficient (Wildman–Crippen LogP) is 7.67. The SMILES string of the molecule is CNC(c1ccc(OC(C)OOc2c(-c3ccccc3)cccc2-c2ccccc2)cc1)C(C)C. The summed E-state index contributed by atoms with van der Waals surface area (Å²) in [7, 11) is 1.99. The van der Waals surface area contributed by atoms with E-state index in [-0.39, 0.29) is 0 Å². The van der Waals surface area contributed by atoms with Crippen LogP contribution in [0.15, 0.2) is 103 Å². The van der Waals surface area contributed by atoms with Gasteiger partial charge in [-0.05, 0) is 41.8 Å². The zero-order valence-corrected chi connectivity index (χ0v) is 20.8. The first-order valence-corrected chi connectivity index (χ1v) is 12.1. The van der Waals surface area contributed by atoms with Gasteiger partial charge in [-0.3, -0.25) is 0 Å². The molecule has 0 saturated carbocycles. The molecule has 0 heterocycles. The summed E-state index contributed by atoms with van der Waals surface area (Å²) in [5, 5.41) is 3.37. The normalized spacial score (nSPS) is 12.8. The third kappa shape index (κ3) is 6.10. The van der Waals surface area contributed by atoms with Crippen molar-refractivity contribution in [1.82, 2.24) is 5.32 Å². The Labute approximate surface area is 208 Å². The molecule has 35 heavy (non-hydrogen) atoms. The average molecular weight is 468 g/mol. The minimum atomic E-state index is -0.613. The molecule has 180 valence electrons. The van der Waals surface area contributed by atoms with Crippen LogP contribution in [0.4, 0.5) is 0 Å². The van der Waals surface area contributed by atoms with Crippen LogP contribution in [0.1, 0.15) is 32.4 Å². The maximum Gasteiger partial charge on any atom is 0.239 e. The number of nitrogens with one attached hydrogen (secondary N) is 1. The third-order valence-corrected chi connectivity index (χ3v) is 5.97. The fourth-order valence-electron chi connectivity index (χ4n) is 4.28. The van der Waals surface area contributed by atoms with Gasteiger partial charge in [0.1, 0.15) is 5.75 Å². The molecule has 1 N–H and O–H groups in total. The first-order chi connectivity index (χ1) is 17.1. The monoisotopic (exact) mass is 467 g/mol. The smallest absolute Gasteiger partial charge is 0.239 e. The molecule has 4 aromatic carbocycles. The molecule has 0 spiro atoms. The quantitative estimate of drug-likeness (QED) is 0.148. The molecular weight excluding hydrogens is 434 g/mol. The van der Waals surface area contributed by atoms with Crippen LogP contribution in [0.25, 0.3) is 22.3 Å². The predicted molar refractivity (Wildman–Crippen MR) is 142 cm³/mol. The molecule has 2 unspecified atom stereocenters. The second-order valence-electron chi connectivity index (χ2n) is 8.86. The minimum absolute atomic E-state index is 0.298. The van der Waals surface area contributed by atoms with Crippen LogP contribution in [0, 0.1) is 5.92 Å². The topological polar surface area (TPSA) is 39.7 Å². The van der Waals surface area contributed by atoms with Gasteiger partial charge >= 0.3 is 0 Å². The summed E-state index contributed by atoms with van der Waals surface area (Å²) in [6.07, 6.45) is -0.613. The van der Waals surface area contributed by atoms with Gasteiger partial charge in [-0.15, -0.1) is 4.89 Å². The lowest BCUT2D eigenvalue weighted by Crippen LogP contribution is -2.22. The fraction of sp³-hybridized carbons (Fsp3) is 0.226. The van der Waals surface area contributed by atoms with E-state index in [4.69, 9.17) is 14.5 Å². The zero-order valence-electron chi connectivity index (χ0n) is 20.8. The lowest BCUT2D eigenvalue weighted by atomic mass is 9.96. The van der Waals surface area contributed by atoms with E-state index in [9.17, 15) is 0 Å². The molecule has 4 aromatic rings. The molecular formula is C31H33NO3. The number of ether oxygens (including phenoxy) is 1. The molecule has 4 nitrogen and oxygen atoms in total. The van der Waals surface area contributed by atoms with Crippen LogP contribution >= 0.6 is 0 Å². The summed E-state index contributed by atoms with van der Waals surface area (Å²) in [6, 6.07) is 34.8. The van der Waals surface area contributed by atoms with Crippen LogP contribution < -0.4 is 14.9 Å². The van der Waals surface area contributed by atoms with Gasteiger partial charge in [0, 0.05) is 24.1 Å². The van der Waals surface area contributed by atoms with Crippen molar-refractivity contribution >= 4 is 0 Å². The van der Waals surface area contributed by atoms with Gasteiger partial charge in [0.2, 0.25) is 6.29 Å². The highest BCUT2D eigenvalue weighted by atomic mass is 17.2. The Bertz CT molecular complexity index is 1130. The van der Waals surface area contributed by atoms with E-state index in [1.165, 1.54) is 5.56 Å². The van der Waals surface area contributed by atoms with Crippen molar-refractivity contribution in [2.45, 2.75) is 33.1 Å². The zero-order chi connectivity index (χ0) is 24.6. The summed E-state index contributed by atoms with van der Waals surface area (Å²) < 4.78 is 5.99. The molecule has 4 rings (SSSR count). The van der Waals surface area contributed by atoms with E-state index < -0.39 is 6.29 Å². The van der Waals surface area contributed by atoms with E-state index in [1.54, 1.807) is 0 Å². The minimum Gasteiger partial charge on any atom is -0.461 e. The Hall–Kier alpha value is -3.60. The van der Waals surface area contributed by atoms with Gasteiger partial charge < -0.3 is 14.9 Å². The van der Waals surface area contributed by atoms with Crippen LogP contribution in [0.5, 0.6) is 11.5 Å². The van der Waals surface area contributed by atoms with Crippen molar-refractivity contribution in [3.05, 3.63) is 109 Å². The summed E-state index contributed by atoms with van der Waals surface area (Å²) in [5.74, 6) is 1.87. The lowest BCUT2D eigenvalue weighted by molar-refractivity contribution is -0.288. The van der Waals surface area contributed by atoms with Crippen molar-refractivity contribution < 1.29 is 14.5 Å². The lowest BCUT2D eigenvalue weighted by Gasteiger charge is -2.21. The highest BCUT2D eigenvalue weighted by molar-refractivity contribution is 5.82. The van der Waals surface area contributed by atoms with Crippen LogP contribution in [-0.4, -0.2) is 13.3 Å². The molecule has 0 fully saturated rings. The largest absolute Gasteiger partial charge is 0.461 e. The van der Waals surface area contributed by atoms with Gasteiger partial charge in [0.25, 0.3) is 0 Å². The van der Waals surface area contributed by atoms with Gasteiger partial charge in [-0.25, -0.2) is 0 Å². The third-order valence-electron chi connectivity index (χ3n) is 5.97. The first-order valence-electron chi connectivity index (χ1n) is 12.1. The summed E-state index contributed by atoms with van der Waals surface area (Å²) in [4.78, 5) is 11.7. The van der Waals surface area contributed by atoms with Crippen molar-refractivity contribution in [2.75, 3.05) is 7.05 Å². The molecule has 0 saturated heterocycles. The van der Waals surface area contributed by atoms with Crippen LogP contribution in [0.2, 0.25) is 0 Å². The first kappa shape index (κ1) is 24.5. The van der Waals surface area contributed by atoms with Crippen LogP contribution in [0.3, 0.4) is 0 Å². The highest BCUT2D eigenvalue weighted by Crippen LogP contribution is 2.39. The highest BCUT2D eigenvalue weighted by Gasteiger charge is 2.17. The maximum absolute atomic E-state index is 5.99. The summed E-state index contributed by atoms with van der Waals surface area (Å²) >= 11 is 0. The number of hydrogen-bond donors (Lipinski definition) is 1. The van der Waals surface area contributed by atoms with E-state index >= 15 is 0 Å². The Morgan fingerprint density at radius 2 is 1.17 bits per heavy atom. The Morgan fingerprint density at radius 1 is 0.629 bits per heavy atom. The Morgan fingerprint density at radius 3 is 1.66 bits per heavy atom. The summed E-state index contributed by atoms with van der Waals surface area (Å²) in [6.45, 7) is 6.23. The standard InChI is InChI=1S/C31H33NO3/c1-22(2)30(32-4)26-18-20-27(21-19-26)33-23(3)34-35-31-28(24-12-7-5-8-13-24)16-11-17-29(31)25-14-9-6-10-15-25/h5-23,30,32H,1-4H3. The van der Waals surface area contributed by atoms with Gasteiger partial charge in [0.05, 0.1) is 0 Å². The number of benzene rings is 4. The van der Waals surface area contributed by atoms with E-state index in [2.05, 4.69) is 55.6 Å². The fourth-order valence-corrected chi connectivity index (χ4v) is 4.28. The molecule has 0 bridgehead atoms. The molecule has 0 aliphatic rings. The van der Waals surface area contributed by atoms with E-state index in [0.717, 1.165) is 28.0 Å².